The molecule has 0 aromatic carbocycles. The number of hydrogen-bond donors (Lipinski definition) is 0. The molecule has 1 saturated heterocycles. The van der Waals surface area contributed by atoms with Crippen molar-refractivity contribution in [2.24, 2.45) is 5.41 Å². The van der Waals surface area contributed by atoms with Crippen LogP contribution in [0.1, 0.15) is 34.1 Å². The summed E-state index contributed by atoms with van der Waals surface area (Å²) in [5, 5.41) is 1.11. The van der Waals surface area contributed by atoms with Crippen molar-refractivity contribution in [3.63, 3.8) is 0 Å². The number of ketones is 1. The number of rotatable bonds is 4. The number of β-lactam (4-membered cyclic amide) rings is 1. The summed E-state index contributed by atoms with van der Waals surface area (Å²) in [6, 6.07) is 0. The molecule has 1 fully saturated rings. The Hall–Kier alpha value is -0.490. The van der Waals surface area contributed by atoms with Gasteiger partial charge in [0.15, 0.2) is 11.7 Å². The molecule has 0 bridgehead atoms. The Kier molecular flexibility index (Phi) is 4.54. The van der Waals surface area contributed by atoms with E-state index in [-0.39, 0.29) is 23.7 Å². The van der Waals surface area contributed by atoms with Crippen LogP contribution in [-0.4, -0.2) is 39.2 Å². The van der Waals surface area contributed by atoms with Gasteiger partial charge in [0.1, 0.15) is 6.61 Å². The molecule has 1 amide bonds. The molecule has 6 heteroatoms. The number of alkyl halides is 1. The fourth-order valence-corrected chi connectivity index (χ4v) is 4.40. The van der Waals surface area contributed by atoms with E-state index in [9.17, 15) is 9.59 Å². The minimum Gasteiger partial charge on any atom is -0.471 e. The third-order valence-corrected chi connectivity index (χ3v) is 5.56. The van der Waals surface area contributed by atoms with Crippen LogP contribution in [0.25, 0.3) is 0 Å². The first-order valence-corrected chi connectivity index (χ1v) is 8.74. The van der Waals surface area contributed by atoms with Crippen LogP contribution in [0.5, 0.6) is 0 Å². The minimum atomic E-state index is -0.428. The van der Waals surface area contributed by atoms with Crippen LogP contribution in [0.3, 0.4) is 0 Å². The molecule has 0 aromatic heterocycles. The van der Waals surface area contributed by atoms with Gasteiger partial charge in [-0.15, -0.1) is 11.8 Å². The fourth-order valence-electron chi connectivity index (χ4n) is 2.07. The van der Waals surface area contributed by atoms with Crippen molar-refractivity contribution in [1.82, 2.24) is 4.90 Å². The van der Waals surface area contributed by atoms with E-state index in [0.29, 0.717) is 22.9 Å². The molecule has 0 N–H and O–H groups in total. The molecular weight excluding hydrogens is 342 g/mol. The highest BCUT2D eigenvalue weighted by Gasteiger charge is 2.46. The van der Waals surface area contributed by atoms with Crippen LogP contribution in [-0.2, 0) is 14.3 Å². The van der Waals surface area contributed by atoms with Crippen LogP contribution in [0.2, 0.25) is 0 Å². The predicted molar refractivity (Wildman–Crippen MR) is 83.5 cm³/mol. The second kappa shape index (κ2) is 5.72. The van der Waals surface area contributed by atoms with Crippen LogP contribution >= 0.6 is 27.7 Å². The van der Waals surface area contributed by atoms with Gasteiger partial charge in [0, 0.05) is 21.6 Å². The van der Waals surface area contributed by atoms with Gasteiger partial charge in [0.25, 0.3) is 0 Å². The first-order chi connectivity index (χ1) is 9.25. The van der Waals surface area contributed by atoms with Crippen molar-refractivity contribution in [1.29, 1.82) is 0 Å². The van der Waals surface area contributed by atoms with Gasteiger partial charge in [-0.1, -0.05) is 36.7 Å². The van der Waals surface area contributed by atoms with Crippen LogP contribution in [0.15, 0.2) is 11.5 Å². The Balaban J connectivity index is 2.16. The number of carbonyl (C=O) groups excluding carboxylic acids is 2. The second-order valence-corrected chi connectivity index (χ2v) is 8.21. The van der Waals surface area contributed by atoms with Gasteiger partial charge in [-0.25, -0.2) is 0 Å². The molecule has 2 atom stereocenters. The first-order valence-electron chi connectivity index (χ1n) is 6.68. The van der Waals surface area contributed by atoms with Gasteiger partial charge < -0.3 is 4.74 Å². The zero-order valence-electron chi connectivity index (χ0n) is 12.2. The summed E-state index contributed by atoms with van der Waals surface area (Å²) in [4.78, 5) is 25.5. The van der Waals surface area contributed by atoms with Gasteiger partial charge in [-0.05, 0) is 6.92 Å². The van der Waals surface area contributed by atoms with E-state index in [1.807, 2.05) is 20.8 Å². The lowest BCUT2D eigenvalue weighted by Gasteiger charge is -2.46. The van der Waals surface area contributed by atoms with Crippen molar-refractivity contribution >= 4 is 39.4 Å². The van der Waals surface area contributed by atoms with E-state index in [2.05, 4.69) is 22.9 Å². The molecule has 0 aromatic rings. The predicted octanol–water partition coefficient (Wildman–Crippen LogP) is 2.92. The molecular formula is C14H20BrNO3S. The SMILES string of the molecule is C[C@H]1S[C@H]2CC(=O)N2C(OCC(=O)C(C)(C)C)=C1CBr. The summed E-state index contributed by atoms with van der Waals surface area (Å²) in [6.07, 6.45) is 0.560. The van der Waals surface area contributed by atoms with E-state index in [1.165, 1.54) is 0 Å². The van der Waals surface area contributed by atoms with E-state index in [1.54, 1.807) is 16.7 Å². The molecule has 4 nitrogen and oxygen atoms in total. The Morgan fingerprint density at radius 1 is 1.50 bits per heavy atom. The normalized spacial score (nSPS) is 26.2. The number of amides is 1. The van der Waals surface area contributed by atoms with Crippen molar-refractivity contribution in [3.05, 3.63) is 11.5 Å². The molecule has 20 heavy (non-hydrogen) atoms. The van der Waals surface area contributed by atoms with Gasteiger partial charge >= 0.3 is 0 Å². The van der Waals surface area contributed by atoms with E-state index >= 15 is 0 Å². The molecule has 2 aliphatic heterocycles. The lowest BCUT2D eigenvalue weighted by molar-refractivity contribution is -0.145. The smallest absolute Gasteiger partial charge is 0.233 e. The largest absolute Gasteiger partial charge is 0.471 e. The molecule has 0 aliphatic carbocycles. The van der Waals surface area contributed by atoms with Crippen LogP contribution < -0.4 is 0 Å². The van der Waals surface area contributed by atoms with Crippen molar-refractivity contribution < 1.29 is 14.3 Å². The number of carbonyl (C=O) groups is 2. The molecule has 2 rings (SSSR count). The van der Waals surface area contributed by atoms with Gasteiger partial charge in [-0.2, -0.15) is 0 Å². The highest BCUT2D eigenvalue weighted by molar-refractivity contribution is 9.09. The van der Waals surface area contributed by atoms with Crippen LogP contribution in [0.4, 0.5) is 0 Å². The Morgan fingerprint density at radius 3 is 2.65 bits per heavy atom. The molecule has 2 heterocycles. The number of halogens is 1. The number of Topliss-reactive ketones (excluding diaryl/α,β-unsaturated/α-hetero) is 1. The third kappa shape index (κ3) is 2.91. The molecule has 112 valence electrons. The maximum Gasteiger partial charge on any atom is 0.233 e. The minimum absolute atomic E-state index is 0.0171. The number of ether oxygens (including phenoxy) is 1. The maximum atomic E-state index is 12.0. The summed E-state index contributed by atoms with van der Waals surface area (Å²) in [6.45, 7) is 7.74. The zero-order chi connectivity index (χ0) is 15.1. The molecule has 0 spiro atoms. The summed E-state index contributed by atoms with van der Waals surface area (Å²) >= 11 is 5.22. The van der Waals surface area contributed by atoms with Crippen molar-refractivity contribution in [2.75, 3.05) is 11.9 Å². The number of hydrogen-bond acceptors (Lipinski definition) is 4. The highest BCUT2D eigenvalue weighted by Crippen LogP contribution is 2.44. The van der Waals surface area contributed by atoms with Gasteiger partial charge in [-0.3, -0.25) is 14.5 Å². The molecule has 2 aliphatic rings. The average molecular weight is 362 g/mol. The molecule has 0 radical (unpaired) electrons. The number of nitrogens with zero attached hydrogens (tertiary/aromatic N) is 1. The van der Waals surface area contributed by atoms with Gasteiger partial charge in [0.2, 0.25) is 5.91 Å². The number of thioether (sulfide) groups is 1. The number of fused-ring (bicyclic) bond motifs is 1. The lowest BCUT2D eigenvalue weighted by atomic mass is 9.91. The van der Waals surface area contributed by atoms with Gasteiger partial charge in [0.05, 0.1) is 11.8 Å². The van der Waals surface area contributed by atoms with E-state index in [0.717, 1.165) is 5.57 Å². The Bertz CT molecular complexity index is 470. The monoisotopic (exact) mass is 361 g/mol. The molecule has 0 unspecified atom stereocenters. The topological polar surface area (TPSA) is 46.6 Å². The summed E-state index contributed by atoms with van der Waals surface area (Å²) in [5.74, 6) is 0.701. The van der Waals surface area contributed by atoms with Crippen LogP contribution in [0, 0.1) is 5.41 Å². The summed E-state index contributed by atoms with van der Waals surface area (Å²) in [7, 11) is 0. The average Bonchev–Trinajstić information content (AvgIpc) is 2.33. The standard InChI is InChI=1S/C14H20BrNO3S/c1-8-9(6-15)13(16-11(18)5-12(16)20-8)19-7-10(17)14(2,3)4/h8,12H,5-7H2,1-4H3/t8-,12+/m1/s1. The quantitative estimate of drug-likeness (QED) is 0.570. The maximum absolute atomic E-state index is 12.0. The Labute approximate surface area is 132 Å². The highest BCUT2D eigenvalue weighted by atomic mass is 79.9. The van der Waals surface area contributed by atoms with Crippen molar-refractivity contribution in [3.8, 4) is 0 Å². The summed E-state index contributed by atoms with van der Waals surface area (Å²) in [5.41, 5.74) is 0.615. The lowest BCUT2D eigenvalue weighted by Crippen LogP contribution is -2.54. The second-order valence-electron chi connectivity index (χ2n) is 6.13. The fraction of sp³-hybridized carbons (Fsp3) is 0.714. The Morgan fingerprint density at radius 2 is 2.15 bits per heavy atom. The third-order valence-electron chi connectivity index (χ3n) is 3.57. The molecule has 0 saturated carbocycles. The van der Waals surface area contributed by atoms with E-state index in [4.69, 9.17) is 4.74 Å². The van der Waals surface area contributed by atoms with Crippen molar-refractivity contribution in [2.45, 2.75) is 44.7 Å². The summed E-state index contributed by atoms with van der Waals surface area (Å²) < 4.78 is 5.74. The first kappa shape index (κ1) is 15.9. The van der Waals surface area contributed by atoms with E-state index < -0.39 is 5.41 Å². The zero-order valence-corrected chi connectivity index (χ0v) is 14.6.